The molecule has 0 radical (unpaired) electrons. The van der Waals surface area contributed by atoms with Gasteiger partial charge >= 0.3 is 5.97 Å². The molecule has 1 rings (SSSR count). The Hall–Kier alpha value is -1.51. The molecule has 3 nitrogen and oxygen atoms in total. The maximum atomic E-state index is 12.0. The molecule has 0 amide bonds. The lowest BCUT2D eigenvalue weighted by atomic mass is 10.1. The van der Waals surface area contributed by atoms with E-state index in [1.165, 1.54) is 0 Å². The van der Waals surface area contributed by atoms with Gasteiger partial charge in [-0.2, -0.15) is 0 Å². The number of benzene rings is 1. The standard InChI is InChI=1S/C17H26O3/c1-13(2)9-11-19-16-8-6-5-7-15(16)17(18)20-12-10-14(3)4/h5-8,13-14H,9-12H2,1-4H3. The van der Waals surface area contributed by atoms with Gasteiger partial charge in [-0.1, -0.05) is 39.8 Å². The molecule has 0 unspecified atom stereocenters. The number of hydrogen-bond acceptors (Lipinski definition) is 3. The third kappa shape index (κ3) is 6.09. The van der Waals surface area contributed by atoms with Crippen molar-refractivity contribution in [2.75, 3.05) is 13.2 Å². The first-order valence-electron chi connectivity index (χ1n) is 7.39. The summed E-state index contributed by atoms with van der Waals surface area (Å²) in [6, 6.07) is 7.27. The zero-order chi connectivity index (χ0) is 15.0. The Morgan fingerprint density at radius 3 is 2.25 bits per heavy atom. The molecule has 0 N–H and O–H groups in total. The first-order valence-corrected chi connectivity index (χ1v) is 7.39. The predicted molar refractivity (Wildman–Crippen MR) is 81.1 cm³/mol. The molecular formula is C17H26O3. The van der Waals surface area contributed by atoms with E-state index in [1.54, 1.807) is 6.07 Å². The van der Waals surface area contributed by atoms with E-state index in [0.29, 0.717) is 36.4 Å². The Labute approximate surface area is 122 Å². The van der Waals surface area contributed by atoms with Crippen LogP contribution in [0.3, 0.4) is 0 Å². The van der Waals surface area contributed by atoms with Gasteiger partial charge in [-0.3, -0.25) is 0 Å². The Balaban J connectivity index is 2.57. The second-order valence-electron chi connectivity index (χ2n) is 5.85. The Morgan fingerprint density at radius 1 is 1.00 bits per heavy atom. The predicted octanol–water partition coefficient (Wildman–Crippen LogP) is 4.31. The molecule has 0 aromatic heterocycles. The summed E-state index contributed by atoms with van der Waals surface area (Å²) in [6.07, 6.45) is 1.85. The fraction of sp³-hybridized carbons (Fsp3) is 0.588. The average molecular weight is 278 g/mol. The van der Waals surface area contributed by atoms with Crippen LogP contribution in [0.15, 0.2) is 24.3 Å². The minimum Gasteiger partial charge on any atom is -0.493 e. The van der Waals surface area contributed by atoms with E-state index in [2.05, 4.69) is 27.7 Å². The fourth-order valence-corrected chi connectivity index (χ4v) is 1.63. The number of rotatable bonds is 8. The number of carbonyl (C=O) groups is 1. The van der Waals surface area contributed by atoms with Crippen LogP contribution in [0.2, 0.25) is 0 Å². The van der Waals surface area contributed by atoms with Gasteiger partial charge in [-0.25, -0.2) is 4.79 Å². The lowest BCUT2D eigenvalue weighted by molar-refractivity contribution is 0.0483. The van der Waals surface area contributed by atoms with Crippen LogP contribution in [-0.2, 0) is 4.74 Å². The molecule has 112 valence electrons. The monoisotopic (exact) mass is 278 g/mol. The average Bonchev–Trinajstić information content (AvgIpc) is 2.38. The molecule has 0 aliphatic heterocycles. The first kappa shape index (κ1) is 16.5. The summed E-state index contributed by atoms with van der Waals surface area (Å²) in [6.45, 7) is 9.59. The van der Waals surface area contributed by atoms with Crippen LogP contribution < -0.4 is 4.74 Å². The summed E-state index contributed by atoms with van der Waals surface area (Å²) < 4.78 is 11.0. The Kier molecular flexibility index (Phi) is 7.13. The molecule has 0 bridgehead atoms. The Morgan fingerprint density at radius 2 is 1.60 bits per heavy atom. The van der Waals surface area contributed by atoms with Gasteiger partial charge in [0.15, 0.2) is 0 Å². The van der Waals surface area contributed by atoms with Crippen molar-refractivity contribution in [3.63, 3.8) is 0 Å². The van der Waals surface area contributed by atoms with Crippen molar-refractivity contribution in [1.29, 1.82) is 0 Å². The first-order chi connectivity index (χ1) is 9.50. The molecule has 0 aliphatic carbocycles. The number of esters is 1. The summed E-state index contributed by atoms with van der Waals surface area (Å²) in [5.74, 6) is 1.42. The summed E-state index contributed by atoms with van der Waals surface area (Å²) in [5.41, 5.74) is 0.514. The molecule has 0 atom stereocenters. The second kappa shape index (κ2) is 8.62. The normalized spacial score (nSPS) is 10.9. The fourth-order valence-electron chi connectivity index (χ4n) is 1.63. The zero-order valence-electron chi connectivity index (χ0n) is 13.0. The van der Waals surface area contributed by atoms with E-state index in [1.807, 2.05) is 18.2 Å². The van der Waals surface area contributed by atoms with Gasteiger partial charge in [-0.15, -0.1) is 0 Å². The van der Waals surface area contributed by atoms with Crippen LogP contribution in [0.25, 0.3) is 0 Å². The van der Waals surface area contributed by atoms with Crippen LogP contribution in [0.5, 0.6) is 5.75 Å². The smallest absolute Gasteiger partial charge is 0.341 e. The minimum atomic E-state index is -0.300. The highest BCUT2D eigenvalue weighted by atomic mass is 16.5. The van der Waals surface area contributed by atoms with E-state index < -0.39 is 0 Å². The third-order valence-corrected chi connectivity index (χ3v) is 2.99. The molecule has 0 saturated heterocycles. The zero-order valence-corrected chi connectivity index (χ0v) is 13.0. The van der Waals surface area contributed by atoms with Gasteiger partial charge < -0.3 is 9.47 Å². The Bertz CT molecular complexity index is 410. The van der Waals surface area contributed by atoms with Gasteiger partial charge in [0, 0.05) is 0 Å². The summed E-state index contributed by atoms with van der Waals surface area (Å²) in [5, 5.41) is 0. The largest absolute Gasteiger partial charge is 0.493 e. The number of ether oxygens (including phenoxy) is 2. The maximum Gasteiger partial charge on any atom is 0.341 e. The summed E-state index contributed by atoms with van der Waals surface area (Å²) in [4.78, 5) is 12.0. The van der Waals surface area contributed by atoms with Crippen molar-refractivity contribution in [3.05, 3.63) is 29.8 Å². The van der Waals surface area contributed by atoms with E-state index in [4.69, 9.17) is 9.47 Å². The number of carbonyl (C=O) groups excluding carboxylic acids is 1. The molecule has 1 aromatic carbocycles. The summed E-state index contributed by atoms with van der Waals surface area (Å²) in [7, 11) is 0. The van der Waals surface area contributed by atoms with Crippen LogP contribution in [0.1, 0.15) is 50.9 Å². The molecule has 0 fully saturated rings. The lowest BCUT2D eigenvalue weighted by Crippen LogP contribution is -2.11. The van der Waals surface area contributed by atoms with Gasteiger partial charge in [0.05, 0.1) is 13.2 Å². The van der Waals surface area contributed by atoms with Crippen LogP contribution in [-0.4, -0.2) is 19.2 Å². The van der Waals surface area contributed by atoms with Gasteiger partial charge in [-0.05, 0) is 36.8 Å². The van der Waals surface area contributed by atoms with Crippen LogP contribution in [0.4, 0.5) is 0 Å². The molecule has 3 heteroatoms. The van der Waals surface area contributed by atoms with Crippen molar-refractivity contribution >= 4 is 5.97 Å². The van der Waals surface area contributed by atoms with Crippen molar-refractivity contribution in [3.8, 4) is 5.75 Å². The van der Waals surface area contributed by atoms with Crippen LogP contribution >= 0.6 is 0 Å². The molecule has 0 heterocycles. The van der Waals surface area contributed by atoms with Gasteiger partial charge in [0.1, 0.15) is 11.3 Å². The SMILES string of the molecule is CC(C)CCOC(=O)c1ccccc1OCCC(C)C. The molecule has 0 spiro atoms. The van der Waals surface area contributed by atoms with Crippen molar-refractivity contribution in [1.82, 2.24) is 0 Å². The second-order valence-corrected chi connectivity index (χ2v) is 5.85. The molecule has 0 saturated carbocycles. The minimum absolute atomic E-state index is 0.300. The topological polar surface area (TPSA) is 35.5 Å². The lowest BCUT2D eigenvalue weighted by Gasteiger charge is -2.12. The maximum absolute atomic E-state index is 12.0. The van der Waals surface area contributed by atoms with E-state index in [0.717, 1.165) is 12.8 Å². The number of hydrogen-bond donors (Lipinski definition) is 0. The van der Waals surface area contributed by atoms with Gasteiger partial charge in [0.25, 0.3) is 0 Å². The van der Waals surface area contributed by atoms with Crippen LogP contribution in [0, 0.1) is 11.8 Å². The highest BCUT2D eigenvalue weighted by Crippen LogP contribution is 2.20. The quantitative estimate of drug-likeness (QED) is 0.664. The van der Waals surface area contributed by atoms with Gasteiger partial charge in [0.2, 0.25) is 0 Å². The van der Waals surface area contributed by atoms with Crippen molar-refractivity contribution in [2.24, 2.45) is 11.8 Å². The van der Waals surface area contributed by atoms with E-state index >= 15 is 0 Å². The molecular weight excluding hydrogens is 252 g/mol. The third-order valence-electron chi connectivity index (χ3n) is 2.99. The molecule has 0 aliphatic rings. The van der Waals surface area contributed by atoms with Crippen molar-refractivity contribution < 1.29 is 14.3 Å². The molecule has 1 aromatic rings. The summed E-state index contributed by atoms with van der Waals surface area (Å²) >= 11 is 0. The van der Waals surface area contributed by atoms with Crippen molar-refractivity contribution in [2.45, 2.75) is 40.5 Å². The number of para-hydroxylation sites is 1. The molecule has 20 heavy (non-hydrogen) atoms. The highest BCUT2D eigenvalue weighted by Gasteiger charge is 2.13. The van der Waals surface area contributed by atoms with E-state index in [9.17, 15) is 4.79 Å². The van der Waals surface area contributed by atoms with E-state index in [-0.39, 0.29) is 5.97 Å². The highest BCUT2D eigenvalue weighted by molar-refractivity contribution is 5.92.